The Morgan fingerprint density at radius 2 is 1.67 bits per heavy atom. The van der Waals surface area contributed by atoms with Crippen LogP contribution in [0.1, 0.15) is 5.56 Å². The molecule has 1 N–H and O–H groups in total. The first-order valence-corrected chi connectivity index (χ1v) is 5.09. The molecule has 0 aliphatic rings. The van der Waals surface area contributed by atoms with Crippen LogP contribution in [0.5, 0.6) is 0 Å². The highest BCUT2D eigenvalue weighted by atomic mass is 14.9. The molecule has 0 fully saturated rings. The normalized spacial score (nSPS) is 9.93. The van der Waals surface area contributed by atoms with Crippen LogP contribution in [-0.4, -0.2) is 7.05 Å². The molecular formula is C13H15N2+. The summed E-state index contributed by atoms with van der Waals surface area (Å²) in [5.74, 6) is 0. The molecule has 2 rings (SSSR count). The Morgan fingerprint density at radius 1 is 1.00 bits per heavy atom. The molecule has 0 saturated carbocycles. The molecule has 15 heavy (non-hydrogen) atoms. The summed E-state index contributed by atoms with van der Waals surface area (Å²) in [5, 5.41) is 3.10. The third-order valence-corrected chi connectivity index (χ3v) is 2.39. The molecule has 2 nitrogen and oxygen atoms in total. The van der Waals surface area contributed by atoms with Crippen molar-refractivity contribution < 1.29 is 4.57 Å². The molecule has 0 radical (unpaired) electrons. The molecule has 0 unspecified atom stereocenters. The van der Waals surface area contributed by atoms with Crippen LogP contribution < -0.4 is 9.88 Å². The number of benzene rings is 1. The van der Waals surface area contributed by atoms with E-state index in [2.05, 4.69) is 58.7 Å². The molecule has 0 amide bonds. The molecule has 1 heterocycles. The summed E-state index contributed by atoms with van der Waals surface area (Å²) in [7, 11) is 1.93. The van der Waals surface area contributed by atoms with Gasteiger partial charge in [0.05, 0.1) is 0 Å². The minimum absolute atomic E-state index is 0.921. The van der Waals surface area contributed by atoms with E-state index in [1.807, 2.05) is 13.1 Å². The second kappa shape index (κ2) is 4.60. The summed E-state index contributed by atoms with van der Waals surface area (Å²) in [4.78, 5) is 0. The van der Waals surface area contributed by atoms with Crippen molar-refractivity contribution in [3.05, 3.63) is 60.4 Å². The fourth-order valence-corrected chi connectivity index (χ4v) is 1.52. The first-order chi connectivity index (χ1) is 7.38. The van der Waals surface area contributed by atoms with E-state index in [4.69, 9.17) is 0 Å². The van der Waals surface area contributed by atoms with Crippen LogP contribution in [0.4, 0.5) is 5.69 Å². The van der Waals surface area contributed by atoms with Gasteiger partial charge in [0, 0.05) is 30.4 Å². The van der Waals surface area contributed by atoms with E-state index < -0.39 is 0 Å². The van der Waals surface area contributed by atoms with Crippen molar-refractivity contribution in [2.24, 2.45) is 0 Å². The largest absolute Gasteiger partial charge is 0.388 e. The van der Waals surface area contributed by atoms with E-state index in [-0.39, 0.29) is 0 Å². The van der Waals surface area contributed by atoms with Gasteiger partial charge in [0.1, 0.15) is 0 Å². The Hall–Kier alpha value is -1.83. The van der Waals surface area contributed by atoms with Gasteiger partial charge in [-0.25, -0.2) is 4.57 Å². The number of rotatable bonds is 3. The highest BCUT2D eigenvalue weighted by Crippen LogP contribution is 2.01. The Balaban J connectivity index is 2.11. The van der Waals surface area contributed by atoms with E-state index >= 15 is 0 Å². The van der Waals surface area contributed by atoms with Crippen LogP contribution in [0.2, 0.25) is 0 Å². The van der Waals surface area contributed by atoms with Gasteiger partial charge in [-0.05, 0) is 0 Å². The topological polar surface area (TPSA) is 15.9 Å². The fraction of sp³-hybridized carbons (Fsp3) is 0.154. The maximum absolute atomic E-state index is 3.10. The second-order valence-corrected chi connectivity index (χ2v) is 3.49. The van der Waals surface area contributed by atoms with Crippen LogP contribution in [0, 0.1) is 0 Å². The molecule has 1 aromatic carbocycles. The first-order valence-electron chi connectivity index (χ1n) is 5.09. The molecule has 0 aliphatic carbocycles. The van der Waals surface area contributed by atoms with Gasteiger partial charge in [-0.15, -0.1) is 0 Å². The Morgan fingerprint density at radius 3 is 2.27 bits per heavy atom. The number of nitrogens with one attached hydrogen (secondary N) is 1. The third-order valence-electron chi connectivity index (χ3n) is 2.39. The molecule has 1 aromatic heterocycles. The molecule has 76 valence electrons. The summed E-state index contributed by atoms with van der Waals surface area (Å²) >= 11 is 0. The summed E-state index contributed by atoms with van der Waals surface area (Å²) in [6, 6.07) is 14.6. The van der Waals surface area contributed by atoms with Crippen molar-refractivity contribution in [3.8, 4) is 0 Å². The number of hydrogen-bond donors (Lipinski definition) is 1. The Kier molecular flexibility index (Phi) is 2.98. The summed E-state index contributed by atoms with van der Waals surface area (Å²) in [6.07, 6.45) is 4.16. The molecule has 0 atom stereocenters. The van der Waals surface area contributed by atoms with Gasteiger partial charge in [-0.3, -0.25) is 0 Å². The van der Waals surface area contributed by atoms with Crippen molar-refractivity contribution in [2.75, 3.05) is 12.4 Å². The first kappa shape index (κ1) is 9.71. The van der Waals surface area contributed by atoms with E-state index in [0.29, 0.717) is 0 Å². The van der Waals surface area contributed by atoms with Crippen LogP contribution in [0.25, 0.3) is 0 Å². The van der Waals surface area contributed by atoms with Crippen molar-refractivity contribution in [1.29, 1.82) is 0 Å². The smallest absolute Gasteiger partial charge is 0.173 e. The Labute approximate surface area is 90.2 Å². The highest BCUT2D eigenvalue weighted by molar-refractivity contribution is 5.38. The lowest BCUT2D eigenvalue weighted by molar-refractivity contribution is -0.688. The average molecular weight is 199 g/mol. The van der Waals surface area contributed by atoms with Crippen molar-refractivity contribution >= 4 is 5.69 Å². The second-order valence-electron chi connectivity index (χ2n) is 3.49. The van der Waals surface area contributed by atoms with Crippen LogP contribution in [-0.2, 0) is 6.54 Å². The number of nitrogens with zero attached hydrogens (tertiary/aromatic N) is 1. The standard InChI is InChI=1S/C13H14N2/c1-14-13-7-9-15(10-8-13)11-12-5-3-2-4-6-12/h2-10H,11H2,1H3/p+1. The zero-order valence-corrected chi connectivity index (χ0v) is 8.85. The molecule has 0 bridgehead atoms. The maximum Gasteiger partial charge on any atom is 0.173 e. The molecule has 0 aliphatic heterocycles. The molecule has 2 aromatic rings. The average Bonchev–Trinajstić information content (AvgIpc) is 2.31. The van der Waals surface area contributed by atoms with Gasteiger partial charge < -0.3 is 5.32 Å². The maximum atomic E-state index is 3.10. The number of aromatic nitrogens is 1. The monoisotopic (exact) mass is 199 g/mol. The zero-order valence-electron chi connectivity index (χ0n) is 8.85. The minimum Gasteiger partial charge on any atom is -0.388 e. The predicted octanol–water partition coefficient (Wildman–Crippen LogP) is 2.06. The van der Waals surface area contributed by atoms with Crippen LogP contribution >= 0.6 is 0 Å². The molecular weight excluding hydrogens is 184 g/mol. The molecule has 0 spiro atoms. The van der Waals surface area contributed by atoms with Gasteiger partial charge in [0.25, 0.3) is 0 Å². The number of anilines is 1. The van der Waals surface area contributed by atoms with Gasteiger partial charge in [-0.1, -0.05) is 30.3 Å². The third kappa shape index (κ3) is 2.56. The van der Waals surface area contributed by atoms with Crippen molar-refractivity contribution in [2.45, 2.75) is 6.54 Å². The number of hydrogen-bond acceptors (Lipinski definition) is 1. The van der Waals surface area contributed by atoms with Crippen LogP contribution in [0.15, 0.2) is 54.9 Å². The molecule has 0 saturated heterocycles. The van der Waals surface area contributed by atoms with Crippen molar-refractivity contribution in [3.63, 3.8) is 0 Å². The SMILES string of the molecule is CNc1cc[n+](Cc2ccccc2)cc1. The predicted molar refractivity (Wildman–Crippen MR) is 61.7 cm³/mol. The molecule has 2 heteroatoms. The van der Waals surface area contributed by atoms with E-state index in [9.17, 15) is 0 Å². The van der Waals surface area contributed by atoms with Gasteiger partial charge in [-0.2, -0.15) is 0 Å². The van der Waals surface area contributed by atoms with Crippen LogP contribution in [0.3, 0.4) is 0 Å². The number of pyridine rings is 1. The zero-order chi connectivity index (χ0) is 10.5. The van der Waals surface area contributed by atoms with E-state index in [1.54, 1.807) is 0 Å². The van der Waals surface area contributed by atoms with Gasteiger partial charge in [0.2, 0.25) is 0 Å². The lowest BCUT2D eigenvalue weighted by Crippen LogP contribution is -2.32. The summed E-state index contributed by atoms with van der Waals surface area (Å²) < 4.78 is 2.16. The van der Waals surface area contributed by atoms with Gasteiger partial charge in [0.15, 0.2) is 18.9 Å². The fourth-order valence-electron chi connectivity index (χ4n) is 1.52. The van der Waals surface area contributed by atoms with E-state index in [1.165, 1.54) is 5.56 Å². The van der Waals surface area contributed by atoms with E-state index in [0.717, 1.165) is 12.2 Å². The minimum atomic E-state index is 0.921. The lowest BCUT2D eigenvalue weighted by atomic mass is 10.2. The summed E-state index contributed by atoms with van der Waals surface area (Å²) in [5.41, 5.74) is 2.46. The summed E-state index contributed by atoms with van der Waals surface area (Å²) in [6.45, 7) is 0.921. The Bertz CT molecular complexity index is 406. The quantitative estimate of drug-likeness (QED) is 0.748. The highest BCUT2D eigenvalue weighted by Gasteiger charge is 2.00. The lowest BCUT2D eigenvalue weighted by Gasteiger charge is -1.99. The van der Waals surface area contributed by atoms with Crippen molar-refractivity contribution in [1.82, 2.24) is 0 Å². The van der Waals surface area contributed by atoms with Gasteiger partial charge >= 0.3 is 0 Å².